The van der Waals surface area contributed by atoms with Gasteiger partial charge in [0, 0.05) is 30.9 Å². The minimum Gasteiger partial charge on any atom is -0.481 e. The fraction of sp³-hybridized carbons (Fsp3) is 0.400. The number of pyridine rings is 1. The van der Waals surface area contributed by atoms with Crippen LogP contribution < -0.4 is 15.4 Å². The average molecular weight is 287 g/mol. The van der Waals surface area contributed by atoms with Gasteiger partial charge in [-0.3, -0.25) is 0 Å². The van der Waals surface area contributed by atoms with E-state index in [0.717, 1.165) is 35.7 Å². The molecule has 112 valence electrons. The Bertz CT molecular complexity index is 588. The molecule has 0 spiro atoms. The van der Waals surface area contributed by atoms with Crippen LogP contribution in [0.4, 0.5) is 11.6 Å². The highest BCUT2D eigenvalue weighted by atomic mass is 16.5. The van der Waals surface area contributed by atoms with Gasteiger partial charge in [0.2, 0.25) is 5.88 Å². The third-order valence-corrected chi connectivity index (χ3v) is 3.09. The molecule has 0 saturated carbocycles. The molecule has 0 aliphatic heterocycles. The number of hydrogen-bond donors (Lipinski definition) is 2. The second-order valence-electron chi connectivity index (χ2n) is 4.68. The summed E-state index contributed by atoms with van der Waals surface area (Å²) in [6.45, 7) is 5.69. The Morgan fingerprint density at radius 3 is 2.62 bits per heavy atom. The molecular weight excluding hydrogens is 266 g/mol. The number of anilines is 2. The van der Waals surface area contributed by atoms with Crippen LogP contribution in [0.25, 0.3) is 0 Å². The monoisotopic (exact) mass is 287 g/mol. The van der Waals surface area contributed by atoms with Crippen LogP contribution in [0.3, 0.4) is 0 Å². The van der Waals surface area contributed by atoms with Crippen LogP contribution in [-0.4, -0.2) is 28.6 Å². The molecule has 0 saturated heterocycles. The van der Waals surface area contributed by atoms with Gasteiger partial charge in [0.1, 0.15) is 18.0 Å². The number of nitrogens with one attached hydrogen (secondary N) is 2. The number of hydrogen-bond acceptors (Lipinski definition) is 6. The van der Waals surface area contributed by atoms with Crippen molar-refractivity contribution in [3.05, 3.63) is 35.8 Å². The lowest BCUT2D eigenvalue weighted by Gasteiger charge is -2.12. The molecule has 0 radical (unpaired) electrons. The third kappa shape index (κ3) is 4.05. The summed E-state index contributed by atoms with van der Waals surface area (Å²) < 4.78 is 5.12. The van der Waals surface area contributed by atoms with Crippen molar-refractivity contribution in [1.82, 2.24) is 15.0 Å². The molecule has 6 heteroatoms. The van der Waals surface area contributed by atoms with Crippen LogP contribution in [-0.2, 0) is 6.54 Å². The van der Waals surface area contributed by atoms with Gasteiger partial charge in [-0.05, 0) is 25.0 Å². The molecule has 0 aliphatic rings. The summed E-state index contributed by atoms with van der Waals surface area (Å²) in [6, 6.07) is 3.85. The molecule has 2 heterocycles. The van der Waals surface area contributed by atoms with Crippen LogP contribution in [0, 0.1) is 6.92 Å². The lowest BCUT2D eigenvalue weighted by molar-refractivity contribution is 0.397. The van der Waals surface area contributed by atoms with E-state index in [1.54, 1.807) is 19.6 Å². The Balaban J connectivity index is 2.05. The Hall–Kier alpha value is -2.37. The molecule has 0 fully saturated rings. The predicted octanol–water partition coefficient (Wildman–Crippen LogP) is 2.62. The standard InChI is InChI=1S/C15H21N5O/c1-4-6-17-14-11(2)15(20-10-19-14)18-9-12-5-7-16-13(8-12)21-3/h5,7-8,10H,4,6,9H2,1-3H3,(H2,17,18,19,20). The van der Waals surface area contributed by atoms with Crippen LogP contribution in [0.1, 0.15) is 24.5 Å². The molecule has 6 nitrogen and oxygen atoms in total. The Kier molecular flexibility index (Phi) is 5.31. The molecule has 2 aromatic rings. The van der Waals surface area contributed by atoms with E-state index in [2.05, 4.69) is 32.5 Å². The average Bonchev–Trinajstić information content (AvgIpc) is 2.53. The van der Waals surface area contributed by atoms with Crippen LogP contribution in [0.15, 0.2) is 24.7 Å². The highest BCUT2D eigenvalue weighted by Gasteiger charge is 2.06. The first-order valence-electron chi connectivity index (χ1n) is 7.02. The molecule has 0 aromatic carbocycles. The maximum absolute atomic E-state index is 5.12. The summed E-state index contributed by atoms with van der Waals surface area (Å²) in [7, 11) is 1.61. The van der Waals surface area contributed by atoms with Gasteiger partial charge in [0.05, 0.1) is 7.11 Å². The van der Waals surface area contributed by atoms with Gasteiger partial charge in [0.25, 0.3) is 0 Å². The van der Waals surface area contributed by atoms with Gasteiger partial charge in [-0.1, -0.05) is 6.92 Å². The summed E-state index contributed by atoms with van der Waals surface area (Å²) in [5.74, 6) is 2.32. The van der Waals surface area contributed by atoms with Crippen molar-refractivity contribution in [2.75, 3.05) is 24.3 Å². The van der Waals surface area contributed by atoms with E-state index in [4.69, 9.17) is 4.74 Å². The zero-order chi connectivity index (χ0) is 15.1. The molecule has 2 rings (SSSR count). The van der Waals surface area contributed by atoms with Crippen molar-refractivity contribution in [1.29, 1.82) is 0 Å². The molecule has 0 unspecified atom stereocenters. The SMILES string of the molecule is CCCNc1ncnc(NCc2ccnc(OC)c2)c1C. The van der Waals surface area contributed by atoms with Crippen molar-refractivity contribution in [3.8, 4) is 5.88 Å². The fourth-order valence-corrected chi connectivity index (χ4v) is 1.91. The zero-order valence-corrected chi connectivity index (χ0v) is 12.7. The molecule has 21 heavy (non-hydrogen) atoms. The topological polar surface area (TPSA) is 72.0 Å². The van der Waals surface area contributed by atoms with E-state index < -0.39 is 0 Å². The van der Waals surface area contributed by atoms with Gasteiger partial charge in [0.15, 0.2) is 0 Å². The molecule has 0 bridgehead atoms. The van der Waals surface area contributed by atoms with Gasteiger partial charge in [-0.2, -0.15) is 0 Å². The van der Waals surface area contributed by atoms with Crippen molar-refractivity contribution in [3.63, 3.8) is 0 Å². The summed E-state index contributed by atoms with van der Waals surface area (Å²) in [5, 5.41) is 6.62. The van der Waals surface area contributed by atoms with Gasteiger partial charge >= 0.3 is 0 Å². The largest absolute Gasteiger partial charge is 0.481 e. The summed E-state index contributed by atoms with van der Waals surface area (Å²) in [4.78, 5) is 12.7. The van der Waals surface area contributed by atoms with Crippen molar-refractivity contribution >= 4 is 11.6 Å². The predicted molar refractivity (Wildman–Crippen MR) is 83.7 cm³/mol. The Morgan fingerprint density at radius 1 is 1.14 bits per heavy atom. The van der Waals surface area contributed by atoms with E-state index in [1.165, 1.54) is 0 Å². The number of rotatable bonds is 7. The fourth-order valence-electron chi connectivity index (χ4n) is 1.91. The van der Waals surface area contributed by atoms with E-state index in [9.17, 15) is 0 Å². The van der Waals surface area contributed by atoms with E-state index in [0.29, 0.717) is 12.4 Å². The molecule has 2 aromatic heterocycles. The van der Waals surface area contributed by atoms with Crippen LogP contribution in [0.2, 0.25) is 0 Å². The van der Waals surface area contributed by atoms with Gasteiger partial charge < -0.3 is 15.4 Å². The zero-order valence-electron chi connectivity index (χ0n) is 12.7. The van der Waals surface area contributed by atoms with Crippen LogP contribution in [0.5, 0.6) is 5.88 Å². The highest BCUT2D eigenvalue weighted by molar-refractivity contribution is 5.56. The van der Waals surface area contributed by atoms with Crippen LogP contribution >= 0.6 is 0 Å². The maximum Gasteiger partial charge on any atom is 0.213 e. The summed E-state index contributed by atoms with van der Waals surface area (Å²) >= 11 is 0. The molecule has 0 atom stereocenters. The first-order valence-corrected chi connectivity index (χ1v) is 7.02. The van der Waals surface area contributed by atoms with Gasteiger partial charge in [-0.25, -0.2) is 15.0 Å². The number of nitrogens with zero attached hydrogens (tertiary/aromatic N) is 3. The molecule has 0 aliphatic carbocycles. The summed E-state index contributed by atoms with van der Waals surface area (Å²) in [6.07, 6.45) is 4.36. The lowest BCUT2D eigenvalue weighted by Crippen LogP contribution is -2.09. The Morgan fingerprint density at radius 2 is 1.90 bits per heavy atom. The van der Waals surface area contributed by atoms with Crippen molar-refractivity contribution in [2.24, 2.45) is 0 Å². The minimum absolute atomic E-state index is 0.610. The van der Waals surface area contributed by atoms with Crippen molar-refractivity contribution < 1.29 is 4.74 Å². The highest BCUT2D eigenvalue weighted by Crippen LogP contribution is 2.19. The normalized spacial score (nSPS) is 10.2. The second kappa shape index (κ2) is 7.42. The second-order valence-corrected chi connectivity index (χ2v) is 4.68. The first-order chi connectivity index (χ1) is 10.2. The lowest BCUT2D eigenvalue weighted by atomic mass is 10.2. The van der Waals surface area contributed by atoms with Crippen molar-refractivity contribution in [2.45, 2.75) is 26.8 Å². The van der Waals surface area contributed by atoms with E-state index in [1.807, 2.05) is 19.1 Å². The first kappa shape index (κ1) is 15.0. The van der Waals surface area contributed by atoms with E-state index >= 15 is 0 Å². The minimum atomic E-state index is 0.610. The number of ether oxygens (including phenoxy) is 1. The maximum atomic E-state index is 5.12. The Labute approximate surface area is 125 Å². The molecule has 0 amide bonds. The molecule has 2 N–H and O–H groups in total. The number of methoxy groups -OCH3 is 1. The third-order valence-electron chi connectivity index (χ3n) is 3.09. The quantitative estimate of drug-likeness (QED) is 0.815. The smallest absolute Gasteiger partial charge is 0.213 e. The molecular formula is C15H21N5O. The van der Waals surface area contributed by atoms with E-state index in [-0.39, 0.29) is 0 Å². The number of aromatic nitrogens is 3. The summed E-state index contributed by atoms with van der Waals surface area (Å²) in [5.41, 5.74) is 2.11. The van der Waals surface area contributed by atoms with Gasteiger partial charge in [-0.15, -0.1) is 0 Å².